The van der Waals surface area contributed by atoms with Gasteiger partial charge >= 0.3 is 5.97 Å². The molecule has 1 amide bonds. The summed E-state index contributed by atoms with van der Waals surface area (Å²) >= 11 is 0. The van der Waals surface area contributed by atoms with Gasteiger partial charge in [0.1, 0.15) is 11.3 Å². The molecule has 2 rings (SSSR count). The van der Waals surface area contributed by atoms with Crippen LogP contribution in [0.2, 0.25) is 0 Å². The molecule has 152 valence electrons. The average molecular weight is 409 g/mol. The van der Waals surface area contributed by atoms with Crippen LogP contribution >= 0.6 is 0 Å². The van der Waals surface area contributed by atoms with Crippen LogP contribution in [0.25, 0.3) is 0 Å². The molecule has 0 saturated heterocycles. The summed E-state index contributed by atoms with van der Waals surface area (Å²) in [4.78, 5) is 24.5. The molecule has 10 heteroatoms. The van der Waals surface area contributed by atoms with Crippen LogP contribution in [-0.2, 0) is 19.6 Å². The number of amides is 1. The number of ether oxygens (including phenoxy) is 1. The number of aromatic nitrogens is 1. The van der Waals surface area contributed by atoms with E-state index in [1.807, 2.05) is 0 Å². The Morgan fingerprint density at radius 1 is 1.11 bits per heavy atom. The van der Waals surface area contributed by atoms with Crippen LogP contribution in [-0.4, -0.2) is 37.6 Å². The standard InChI is InChI=1S/C18H23N3O6S/c1-10(2)21-28(24,25)15-8-6-14(7-9-15)19-17(22)13(5)26-18(23)16-11(3)20-27-12(16)4/h6-10,13,21H,1-5H3,(H,19,22)/t13-/m1/s1. The molecule has 1 aromatic heterocycles. The number of carbonyl (C=O) groups is 2. The third kappa shape index (κ3) is 5.17. The first-order valence-corrected chi connectivity index (χ1v) is 10.1. The summed E-state index contributed by atoms with van der Waals surface area (Å²) in [5.41, 5.74) is 0.933. The lowest BCUT2D eigenvalue weighted by Gasteiger charge is -2.14. The second-order valence-electron chi connectivity index (χ2n) is 6.54. The smallest absolute Gasteiger partial charge is 0.344 e. The SMILES string of the molecule is Cc1noc(C)c1C(=O)O[C@H](C)C(=O)Nc1ccc(S(=O)(=O)NC(C)C)cc1. The molecule has 2 aromatic rings. The number of aryl methyl sites for hydroxylation is 2. The lowest BCUT2D eigenvalue weighted by Crippen LogP contribution is -2.31. The summed E-state index contributed by atoms with van der Waals surface area (Å²) in [5.74, 6) is -0.960. The van der Waals surface area contributed by atoms with Gasteiger partial charge < -0.3 is 14.6 Å². The fraction of sp³-hybridized carbons (Fsp3) is 0.389. The number of hydrogen-bond donors (Lipinski definition) is 2. The summed E-state index contributed by atoms with van der Waals surface area (Å²) < 4.78 is 36.7. The van der Waals surface area contributed by atoms with E-state index in [0.29, 0.717) is 17.1 Å². The zero-order valence-electron chi connectivity index (χ0n) is 16.3. The van der Waals surface area contributed by atoms with E-state index < -0.39 is 28.0 Å². The van der Waals surface area contributed by atoms with Crippen molar-refractivity contribution in [1.29, 1.82) is 0 Å². The van der Waals surface area contributed by atoms with E-state index in [1.165, 1.54) is 31.2 Å². The summed E-state index contributed by atoms with van der Waals surface area (Å²) in [6.07, 6.45) is -1.08. The fourth-order valence-electron chi connectivity index (χ4n) is 2.39. The van der Waals surface area contributed by atoms with Crippen molar-refractivity contribution in [1.82, 2.24) is 9.88 Å². The van der Waals surface area contributed by atoms with Crippen molar-refractivity contribution >= 4 is 27.6 Å². The van der Waals surface area contributed by atoms with Crippen molar-refractivity contribution in [3.05, 3.63) is 41.3 Å². The van der Waals surface area contributed by atoms with Crippen LogP contribution < -0.4 is 10.0 Å². The first-order valence-electron chi connectivity index (χ1n) is 8.58. The Balaban J connectivity index is 2.01. The number of hydrogen-bond acceptors (Lipinski definition) is 7. The molecule has 0 saturated carbocycles. The molecule has 0 aliphatic rings. The van der Waals surface area contributed by atoms with Crippen LogP contribution in [0.15, 0.2) is 33.7 Å². The molecule has 9 nitrogen and oxygen atoms in total. The van der Waals surface area contributed by atoms with Crippen LogP contribution in [0, 0.1) is 13.8 Å². The van der Waals surface area contributed by atoms with Gasteiger partial charge in [-0.15, -0.1) is 0 Å². The number of rotatable bonds is 7. The van der Waals surface area contributed by atoms with E-state index in [9.17, 15) is 18.0 Å². The maximum absolute atomic E-state index is 12.3. The largest absolute Gasteiger partial charge is 0.449 e. The molecule has 0 radical (unpaired) electrons. The third-order valence-corrected chi connectivity index (χ3v) is 5.39. The number of carbonyl (C=O) groups excluding carboxylic acids is 2. The van der Waals surface area contributed by atoms with Gasteiger partial charge in [-0.2, -0.15) is 0 Å². The molecule has 0 bridgehead atoms. The molecule has 0 spiro atoms. The Kier molecular flexibility index (Phi) is 6.57. The quantitative estimate of drug-likeness (QED) is 0.671. The topological polar surface area (TPSA) is 128 Å². The van der Waals surface area contributed by atoms with E-state index in [-0.39, 0.29) is 16.5 Å². The van der Waals surface area contributed by atoms with Gasteiger partial charge in [-0.1, -0.05) is 5.16 Å². The van der Waals surface area contributed by atoms with Gasteiger partial charge in [0.2, 0.25) is 10.0 Å². The maximum atomic E-state index is 12.3. The Labute approximate surface area is 163 Å². The predicted octanol–water partition coefficient (Wildman–Crippen LogP) is 2.16. The predicted molar refractivity (Wildman–Crippen MR) is 101 cm³/mol. The summed E-state index contributed by atoms with van der Waals surface area (Å²) in [5, 5.41) is 6.24. The molecule has 0 fully saturated rings. The Morgan fingerprint density at radius 3 is 2.21 bits per heavy atom. The van der Waals surface area contributed by atoms with Crippen molar-refractivity contribution in [3.8, 4) is 0 Å². The molecule has 1 aromatic carbocycles. The van der Waals surface area contributed by atoms with E-state index in [4.69, 9.17) is 9.26 Å². The van der Waals surface area contributed by atoms with Gasteiger partial charge in [0.15, 0.2) is 6.10 Å². The van der Waals surface area contributed by atoms with Crippen LogP contribution in [0.3, 0.4) is 0 Å². The molecule has 1 heterocycles. The first kappa shape index (κ1) is 21.6. The second-order valence-corrected chi connectivity index (χ2v) is 8.25. The second kappa shape index (κ2) is 8.53. The molecule has 0 aliphatic carbocycles. The van der Waals surface area contributed by atoms with Gasteiger partial charge in [-0.3, -0.25) is 4.79 Å². The van der Waals surface area contributed by atoms with Gasteiger partial charge in [-0.25, -0.2) is 17.9 Å². The molecule has 0 unspecified atom stereocenters. The van der Waals surface area contributed by atoms with E-state index in [2.05, 4.69) is 15.2 Å². The monoisotopic (exact) mass is 409 g/mol. The fourth-order valence-corrected chi connectivity index (χ4v) is 3.64. The van der Waals surface area contributed by atoms with Crippen molar-refractivity contribution in [3.63, 3.8) is 0 Å². The number of esters is 1. The average Bonchev–Trinajstić information content (AvgIpc) is 2.92. The Morgan fingerprint density at radius 2 is 1.71 bits per heavy atom. The lowest BCUT2D eigenvalue weighted by atomic mass is 10.2. The van der Waals surface area contributed by atoms with Crippen LogP contribution in [0.5, 0.6) is 0 Å². The van der Waals surface area contributed by atoms with E-state index in [0.717, 1.165) is 0 Å². The molecule has 1 atom stereocenters. The first-order chi connectivity index (χ1) is 13.0. The van der Waals surface area contributed by atoms with Crippen molar-refractivity contribution < 1.29 is 27.3 Å². The molecule has 2 N–H and O–H groups in total. The lowest BCUT2D eigenvalue weighted by molar-refractivity contribution is -0.123. The molecular weight excluding hydrogens is 386 g/mol. The van der Waals surface area contributed by atoms with Crippen molar-refractivity contribution in [2.24, 2.45) is 0 Å². The highest BCUT2D eigenvalue weighted by atomic mass is 32.2. The minimum Gasteiger partial charge on any atom is -0.449 e. The minimum atomic E-state index is -3.62. The number of benzene rings is 1. The van der Waals surface area contributed by atoms with Gasteiger partial charge in [0.25, 0.3) is 5.91 Å². The van der Waals surface area contributed by atoms with Crippen molar-refractivity contribution in [2.45, 2.75) is 51.7 Å². The van der Waals surface area contributed by atoms with E-state index >= 15 is 0 Å². The van der Waals surface area contributed by atoms with Gasteiger partial charge in [0, 0.05) is 11.7 Å². The van der Waals surface area contributed by atoms with E-state index in [1.54, 1.807) is 27.7 Å². The van der Waals surface area contributed by atoms with Crippen molar-refractivity contribution in [2.75, 3.05) is 5.32 Å². The molecule has 0 aliphatic heterocycles. The normalized spacial score (nSPS) is 12.6. The van der Waals surface area contributed by atoms with Crippen LogP contribution in [0.1, 0.15) is 42.6 Å². The van der Waals surface area contributed by atoms with Crippen LogP contribution in [0.4, 0.5) is 5.69 Å². The number of nitrogens with one attached hydrogen (secondary N) is 2. The van der Waals surface area contributed by atoms with Gasteiger partial charge in [0.05, 0.1) is 10.6 Å². The maximum Gasteiger partial charge on any atom is 0.344 e. The van der Waals surface area contributed by atoms with Gasteiger partial charge in [-0.05, 0) is 58.9 Å². The molecule has 28 heavy (non-hydrogen) atoms. The number of anilines is 1. The zero-order chi connectivity index (χ0) is 21.1. The number of nitrogens with zero attached hydrogens (tertiary/aromatic N) is 1. The zero-order valence-corrected chi connectivity index (χ0v) is 17.1. The number of sulfonamides is 1. The molecular formula is C18H23N3O6S. The summed E-state index contributed by atoms with van der Waals surface area (Å²) in [6, 6.07) is 5.42. The highest BCUT2D eigenvalue weighted by Gasteiger charge is 2.24. The minimum absolute atomic E-state index is 0.0806. The summed E-state index contributed by atoms with van der Waals surface area (Å²) in [6.45, 7) is 8.04. The highest BCUT2D eigenvalue weighted by molar-refractivity contribution is 7.89. The highest BCUT2D eigenvalue weighted by Crippen LogP contribution is 2.17. The Hall–Kier alpha value is -2.72. The summed E-state index contributed by atoms with van der Waals surface area (Å²) in [7, 11) is -3.62. The third-order valence-electron chi connectivity index (χ3n) is 3.71. The Bertz CT molecular complexity index is 944.